The fraction of sp³-hybridized carbons (Fsp3) is 0.0588. The molecule has 0 radical (unpaired) electrons. The summed E-state index contributed by atoms with van der Waals surface area (Å²) in [6, 6.07) is 10.8. The van der Waals surface area contributed by atoms with Crippen LogP contribution in [0, 0.1) is 6.92 Å². The number of benzene rings is 1. The fourth-order valence-corrected chi connectivity index (χ4v) is 3.35. The van der Waals surface area contributed by atoms with E-state index in [4.69, 9.17) is 12.2 Å². The first-order chi connectivity index (χ1) is 11.6. The van der Waals surface area contributed by atoms with Crippen LogP contribution in [0.3, 0.4) is 0 Å². The topological polar surface area (TPSA) is 62.3 Å². The quantitative estimate of drug-likeness (QED) is 0.677. The monoisotopic (exact) mass is 355 g/mol. The molecule has 0 spiro atoms. The molecule has 1 aromatic heterocycles. The van der Waals surface area contributed by atoms with Gasteiger partial charge in [-0.1, -0.05) is 36.0 Å². The Labute approximate surface area is 148 Å². The van der Waals surface area contributed by atoms with Gasteiger partial charge >= 0.3 is 0 Å². The van der Waals surface area contributed by atoms with E-state index in [1.807, 2.05) is 25.1 Å². The van der Waals surface area contributed by atoms with Crippen LogP contribution in [0.1, 0.15) is 21.5 Å². The van der Waals surface area contributed by atoms with Crippen LogP contribution in [0.25, 0.3) is 6.08 Å². The summed E-state index contributed by atoms with van der Waals surface area (Å²) in [7, 11) is 0. The molecule has 120 valence electrons. The molecule has 2 aromatic rings. The van der Waals surface area contributed by atoms with Crippen molar-refractivity contribution >= 4 is 46.2 Å². The van der Waals surface area contributed by atoms with Crippen molar-refractivity contribution in [2.45, 2.75) is 6.92 Å². The predicted octanol–water partition coefficient (Wildman–Crippen LogP) is 2.94. The molecule has 0 atom stereocenters. The van der Waals surface area contributed by atoms with Gasteiger partial charge in [-0.05, 0) is 48.5 Å². The Hall–Kier alpha value is -2.51. The van der Waals surface area contributed by atoms with Crippen molar-refractivity contribution in [2.75, 3.05) is 0 Å². The molecule has 1 N–H and O–H groups in total. The van der Waals surface area contributed by atoms with Gasteiger partial charge in [-0.25, -0.2) is 0 Å². The van der Waals surface area contributed by atoms with Crippen LogP contribution >= 0.6 is 24.0 Å². The number of thiocarbonyl (C=S) groups is 1. The minimum absolute atomic E-state index is 0.289. The lowest BCUT2D eigenvalue weighted by molar-refractivity contribution is -0.123. The van der Waals surface area contributed by atoms with Crippen LogP contribution in [0.5, 0.6) is 0 Å². The highest BCUT2D eigenvalue weighted by molar-refractivity contribution is 8.26. The Morgan fingerprint density at radius 2 is 2.08 bits per heavy atom. The van der Waals surface area contributed by atoms with E-state index in [-0.39, 0.29) is 16.1 Å². The van der Waals surface area contributed by atoms with E-state index in [0.29, 0.717) is 10.5 Å². The highest BCUT2D eigenvalue weighted by Crippen LogP contribution is 2.31. The molecule has 3 rings (SSSR count). The molecule has 0 unspecified atom stereocenters. The Morgan fingerprint density at radius 3 is 2.79 bits per heavy atom. The van der Waals surface area contributed by atoms with Crippen LogP contribution < -0.4 is 5.43 Å². The van der Waals surface area contributed by atoms with Gasteiger partial charge in [-0.3, -0.25) is 20.0 Å². The van der Waals surface area contributed by atoms with E-state index < -0.39 is 0 Å². The van der Waals surface area contributed by atoms with Gasteiger partial charge in [0.05, 0.1) is 4.91 Å². The molecule has 2 amide bonds. The van der Waals surface area contributed by atoms with Crippen molar-refractivity contribution in [3.63, 3.8) is 0 Å². The fourth-order valence-electron chi connectivity index (χ4n) is 2.17. The van der Waals surface area contributed by atoms with E-state index in [1.54, 1.807) is 36.7 Å². The third kappa shape index (κ3) is 3.37. The van der Waals surface area contributed by atoms with Gasteiger partial charge in [0.1, 0.15) is 0 Å². The second kappa shape index (κ2) is 6.94. The molecule has 24 heavy (non-hydrogen) atoms. The first kappa shape index (κ1) is 16.4. The highest BCUT2D eigenvalue weighted by atomic mass is 32.2. The summed E-state index contributed by atoms with van der Waals surface area (Å²) in [5.74, 6) is -0.720. The van der Waals surface area contributed by atoms with Gasteiger partial charge in [0, 0.05) is 18.0 Å². The summed E-state index contributed by atoms with van der Waals surface area (Å²) in [4.78, 5) is 29.3. The third-order valence-electron chi connectivity index (χ3n) is 3.38. The second-order valence-corrected chi connectivity index (χ2v) is 6.74. The molecule has 0 saturated carbocycles. The highest BCUT2D eigenvalue weighted by Gasteiger charge is 2.33. The number of nitrogens with one attached hydrogen (secondary N) is 1. The number of aryl methyl sites for hydroxylation is 1. The summed E-state index contributed by atoms with van der Waals surface area (Å²) in [6.07, 6.45) is 5.01. The van der Waals surface area contributed by atoms with Crippen molar-refractivity contribution in [3.8, 4) is 0 Å². The average molecular weight is 355 g/mol. The molecular weight excluding hydrogens is 342 g/mol. The number of carbonyl (C=O) groups is 2. The molecule has 1 aliphatic heterocycles. The third-order valence-corrected chi connectivity index (χ3v) is 4.68. The van der Waals surface area contributed by atoms with E-state index in [0.717, 1.165) is 27.9 Å². The first-order valence-corrected chi connectivity index (χ1v) is 8.33. The number of pyridine rings is 1. The molecule has 1 saturated heterocycles. The minimum atomic E-state index is -0.368. The SMILES string of the molecule is Cc1ccccc1C(=O)NN1C(=O)C(=Cc2cccnc2)SC1=S. The second-order valence-electron chi connectivity index (χ2n) is 5.06. The summed E-state index contributed by atoms with van der Waals surface area (Å²) >= 11 is 6.35. The predicted molar refractivity (Wildman–Crippen MR) is 97.9 cm³/mol. The van der Waals surface area contributed by atoms with Gasteiger partial charge < -0.3 is 0 Å². The van der Waals surface area contributed by atoms with Crippen LogP contribution in [0.4, 0.5) is 0 Å². The summed E-state index contributed by atoms with van der Waals surface area (Å²) in [6.45, 7) is 1.83. The minimum Gasteiger partial charge on any atom is -0.267 e. The Morgan fingerprint density at radius 1 is 1.29 bits per heavy atom. The van der Waals surface area contributed by atoms with Crippen LogP contribution in [0.2, 0.25) is 0 Å². The maximum Gasteiger partial charge on any atom is 0.285 e. The van der Waals surface area contributed by atoms with E-state index >= 15 is 0 Å². The molecule has 0 bridgehead atoms. The van der Waals surface area contributed by atoms with Crippen molar-refractivity contribution in [3.05, 3.63) is 70.4 Å². The van der Waals surface area contributed by atoms with Gasteiger partial charge in [-0.15, -0.1) is 0 Å². The summed E-state index contributed by atoms with van der Waals surface area (Å²) < 4.78 is 0.289. The first-order valence-electron chi connectivity index (χ1n) is 7.11. The van der Waals surface area contributed by atoms with E-state index in [1.165, 1.54) is 0 Å². The maximum atomic E-state index is 12.5. The zero-order valence-electron chi connectivity index (χ0n) is 12.7. The normalized spacial score (nSPS) is 15.9. The molecule has 1 fully saturated rings. The number of carbonyl (C=O) groups excluding carboxylic acids is 2. The van der Waals surface area contributed by atoms with Gasteiger partial charge in [-0.2, -0.15) is 5.01 Å². The number of nitrogens with zero attached hydrogens (tertiary/aromatic N) is 2. The van der Waals surface area contributed by atoms with Crippen LogP contribution in [0.15, 0.2) is 53.7 Å². The lowest BCUT2D eigenvalue weighted by Crippen LogP contribution is -2.45. The number of amides is 2. The summed E-state index contributed by atoms with van der Waals surface area (Å²) in [5, 5.41) is 1.11. The van der Waals surface area contributed by atoms with Crippen molar-refractivity contribution < 1.29 is 9.59 Å². The van der Waals surface area contributed by atoms with Gasteiger partial charge in [0.15, 0.2) is 4.32 Å². The molecule has 2 heterocycles. The van der Waals surface area contributed by atoms with Crippen molar-refractivity contribution in [2.24, 2.45) is 0 Å². The van der Waals surface area contributed by atoms with E-state index in [9.17, 15) is 9.59 Å². The van der Waals surface area contributed by atoms with E-state index in [2.05, 4.69) is 10.4 Å². The molecular formula is C17H13N3O2S2. The molecule has 7 heteroatoms. The summed E-state index contributed by atoms with van der Waals surface area (Å²) in [5.41, 5.74) is 4.70. The Balaban J connectivity index is 1.79. The molecule has 1 aliphatic rings. The largest absolute Gasteiger partial charge is 0.285 e. The molecule has 5 nitrogen and oxygen atoms in total. The average Bonchev–Trinajstić information content (AvgIpc) is 2.83. The van der Waals surface area contributed by atoms with Crippen molar-refractivity contribution in [1.82, 2.24) is 15.4 Å². The van der Waals surface area contributed by atoms with Crippen LogP contribution in [-0.4, -0.2) is 26.1 Å². The number of hydrazine groups is 1. The number of hydrogen-bond acceptors (Lipinski definition) is 5. The zero-order valence-corrected chi connectivity index (χ0v) is 14.4. The van der Waals surface area contributed by atoms with Gasteiger partial charge in [0.2, 0.25) is 0 Å². The zero-order chi connectivity index (χ0) is 17.1. The lowest BCUT2D eigenvalue weighted by Gasteiger charge is -2.16. The lowest BCUT2D eigenvalue weighted by atomic mass is 10.1. The smallest absolute Gasteiger partial charge is 0.267 e. The van der Waals surface area contributed by atoms with Crippen molar-refractivity contribution in [1.29, 1.82) is 0 Å². The standard InChI is InChI=1S/C17H13N3O2S2/c1-11-5-2-3-7-13(11)15(21)19-20-16(22)14(24-17(20)23)9-12-6-4-8-18-10-12/h2-10H,1H3,(H,19,21). The Kier molecular flexibility index (Phi) is 4.73. The van der Waals surface area contributed by atoms with Gasteiger partial charge in [0.25, 0.3) is 11.8 Å². The van der Waals surface area contributed by atoms with Crippen LogP contribution in [-0.2, 0) is 4.79 Å². The number of aromatic nitrogens is 1. The molecule has 1 aromatic carbocycles. The Bertz CT molecular complexity index is 850. The molecule has 0 aliphatic carbocycles. The number of hydrogen-bond donors (Lipinski definition) is 1. The maximum absolute atomic E-state index is 12.5. The number of rotatable bonds is 3. The number of thioether (sulfide) groups is 1.